The highest BCUT2D eigenvalue weighted by Crippen LogP contribution is 2.38. The average molecular weight is 546 g/mol. The van der Waals surface area contributed by atoms with Crippen LogP contribution in [0, 0.1) is 11.6 Å². The van der Waals surface area contributed by atoms with E-state index >= 15 is 0 Å². The summed E-state index contributed by atoms with van der Waals surface area (Å²) in [6.07, 6.45) is -6.55. The predicted molar refractivity (Wildman–Crippen MR) is 118 cm³/mol. The number of alkyl halides is 5. The molecule has 0 radical (unpaired) electrons. The van der Waals surface area contributed by atoms with Crippen LogP contribution in [0.25, 0.3) is 16.7 Å². The number of fused-ring (bicyclic) bond motifs is 1. The summed E-state index contributed by atoms with van der Waals surface area (Å²) in [5.41, 5.74) is -2.90. The van der Waals surface area contributed by atoms with Crippen molar-refractivity contribution in [2.75, 3.05) is 11.4 Å². The maximum Gasteiger partial charge on any atom is 0.455 e. The smallest absolute Gasteiger partial charge is 0.391 e. The third-order valence-electron chi connectivity index (χ3n) is 5.90. The van der Waals surface area contributed by atoms with Gasteiger partial charge in [0.15, 0.2) is 5.65 Å². The van der Waals surface area contributed by atoms with Gasteiger partial charge in [0, 0.05) is 12.3 Å². The molecule has 2 N–H and O–H groups in total. The Labute approximate surface area is 208 Å². The van der Waals surface area contributed by atoms with Gasteiger partial charge in [-0.3, -0.25) is 23.9 Å². The van der Waals surface area contributed by atoms with E-state index in [1.54, 1.807) is 0 Å². The quantitative estimate of drug-likeness (QED) is 0.479. The Kier molecular flexibility index (Phi) is 6.67. The van der Waals surface area contributed by atoms with Gasteiger partial charge in [0.25, 0.3) is 5.91 Å². The zero-order valence-corrected chi connectivity index (χ0v) is 19.2. The summed E-state index contributed by atoms with van der Waals surface area (Å²) in [7, 11) is 0. The molecule has 1 saturated heterocycles. The molecule has 4 rings (SSSR count). The lowest BCUT2D eigenvalue weighted by molar-refractivity contribution is -0.290. The summed E-state index contributed by atoms with van der Waals surface area (Å²) >= 11 is 0. The van der Waals surface area contributed by atoms with E-state index < -0.39 is 69.8 Å². The van der Waals surface area contributed by atoms with Crippen molar-refractivity contribution in [2.24, 2.45) is 0 Å². The predicted octanol–water partition coefficient (Wildman–Crippen LogP) is 3.08. The topological polar surface area (TPSA) is 105 Å². The number of β-amino-alcohol motifs (C(OH)–C–C–N with tert-alkyl or cyclic N) is 1. The molecule has 15 heteroatoms. The van der Waals surface area contributed by atoms with Gasteiger partial charge in [-0.1, -0.05) is 0 Å². The second kappa shape index (κ2) is 9.38. The molecule has 1 aliphatic rings. The van der Waals surface area contributed by atoms with Gasteiger partial charge < -0.3 is 10.4 Å². The second-order valence-corrected chi connectivity index (χ2v) is 8.56. The number of hydrogen-bond acceptors (Lipinski definition) is 5. The minimum atomic E-state index is -6.00. The highest BCUT2D eigenvalue weighted by atomic mass is 19.4. The van der Waals surface area contributed by atoms with E-state index in [0.717, 1.165) is 27.7 Å². The first-order chi connectivity index (χ1) is 17.6. The SMILES string of the molecule is CC(NC(=O)c1cn(-c2ccc(F)cc2F)c2nc(N3CC(O)CC3=O)ccc2c1=O)C(F)(F)C(F)(F)F. The fourth-order valence-electron chi connectivity index (χ4n) is 3.89. The summed E-state index contributed by atoms with van der Waals surface area (Å²) in [6, 6.07) is 1.69. The number of amides is 2. The molecule has 8 nitrogen and oxygen atoms in total. The number of carbonyl (C=O) groups is 2. The van der Waals surface area contributed by atoms with Crippen LogP contribution in [0.15, 0.2) is 41.3 Å². The largest absolute Gasteiger partial charge is 0.455 e. The van der Waals surface area contributed by atoms with Crippen molar-refractivity contribution in [1.29, 1.82) is 0 Å². The van der Waals surface area contributed by atoms with Crippen molar-refractivity contribution < 1.29 is 45.4 Å². The second-order valence-electron chi connectivity index (χ2n) is 8.56. The van der Waals surface area contributed by atoms with E-state index in [-0.39, 0.29) is 24.4 Å². The van der Waals surface area contributed by atoms with Crippen LogP contribution >= 0.6 is 0 Å². The zero-order chi connectivity index (χ0) is 28.2. The fourth-order valence-corrected chi connectivity index (χ4v) is 3.89. The number of nitrogens with one attached hydrogen (secondary N) is 1. The number of aliphatic hydroxyl groups is 1. The molecule has 0 bridgehead atoms. The van der Waals surface area contributed by atoms with Crippen molar-refractivity contribution in [3.05, 3.63) is 63.9 Å². The van der Waals surface area contributed by atoms with Gasteiger partial charge in [-0.2, -0.15) is 22.0 Å². The molecule has 0 saturated carbocycles. The molecule has 202 valence electrons. The third kappa shape index (κ3) is 4.68. The van der Waals surface area contributed by atoms with E-state index in [9.17, 15) is 50.2 Å². The third-order valence-corrected chi connectivity index (χ3v) is 5.90. The Bertz CT molecular complexity index is 1510. The molecule has 38 heavy (non-hydrogen) atoms. The van der Waals surface area contributed by atoms with Gasteiger partial charge in [-0.25, -0.2) is 13.8 Å². The van der Waals surface area contributed by atoms with Gasteiger partial charge in [0.2, 0.25) is 11.3 Å². The standard InChI is InChI=1S/C23H17F7N4O4/c1-10(22(26,27)23(28,29)30)31-21(38)14-9-33(16-4-2-11(24)6-15(16)25)20-13(19(14)37)3-5-17(32-20)34-8-12(35)7-18(34)36/h2-6,9-10,12,35H,7-8H2,1H3,(H,31,38). The summed E-state index contributed by atoms with van der Waals surface area (Å²) in [5.74, 6) is -9.72. The molecule has 3 aromatic rings. The number of aromatic nitrogens is 2. The molecule has 1 fully saturated rings. The molecule has 2 amide bonds. The number of aliphatic hydroxyl groups excluding tert-OH is 1. The molecule has 2 aromatic heterocycles. The Morgan fingerprint density at radius 1 is 1.13 bits per heavy atom. The maximum absolute atomic E-state index is 14.7. The number of benzene rings is 1. The zero-order valence-electron chi connectivity index (χ0n) is 19.2. The van der Waals surface area contributed by atoms with Crippen LogP contribution < -0.4 is 15.6 Å². The Morgan fingerprint density at radius 2 is 1.82 bits per heavy atom. The molecular weight excluding hydrogens is 529 g/mol. The van der Waals surface area contributed by atoms with Crippen molar-refractivity contribution >= 4 is 28.7 Å². The van der Waals surface area contributed by atoms with E-state index in [4.69, 9.17) is 0 Å². The lowest BCUT2D eigenvalue weighted by atomic mass is 10.1. The normalized spacial score (nSPS) is 17.2. The monoisotopic (exact) mass is 546 g/mol. The van der Waals surface area contributed by atoms with Crippen molar-refractivity contribution in [3.63, 3.8) is 0 Å². The summed E-state index contributed by atoms with van der Waals surface area (Å²) in [4.78, 5) is 43.2. The lowest BCUT2D eigenvalue weighted by Gasteiger charge is -2.26. The highest BCUT2D eigenvalue weighted by Gasteiger charge is 2.61. The van der Waals surface area contributed by atoms with Gasteiger partial charge in [-0.15, -0.1) is 0 Å². The first kappa shape index (κ1) is 27.0. The molecule has 1 aliphatic heterocycles. The summed E-state index contributed by atoms with van der Waals surface area (Å²) in [5, 5.41) is 10.8. The van der Waals surface area contributed by atoms with Crippen LogP contribution in [-0.4, -0.2) is 57.3 Å². The van der Waals surface area contributed by atoms with Crippen LogP contribution in [0.1, 0.15) is 23.7 Å². The molecule has 0 spiro atoms. The number of halogens is 7. The molecule has 2 atom stereocenters. The van der Waals surface area contributed by atoms with Crippen LogP contribution in [0.4, 0.5) is 36.6 Å². The average Bonchev–Trinajstić information content (AvgIpc) is 3.16. The number of carbonyl (C=O) groups excluding carboxylic acids is 2. The van der Waals surface area contributed by atoms with E-state index in [0.29, 0.717) is 19.2 Å². The fraction of sp³-hybridized carbons (Fsp3) is 0.304. The van der Waals surface area contributed by atoms with E-state index in [1.165, 1.54) is 11.4 Å². The number of anilines is 1. The van der Waals surface area contributed by atoms with Crippen molar-refractivity contribution in [1.82, 2.24) is 14.9 Å². The first-order valence-corrected chi connectivity index (χ1v) is 10.9. The highest BCUT2D eigenvalue weighted by molar-refractivity contribution is 5.99. The number of rotatable bonds is 5. The number of pyridine rings is 2. The van der Waals surface area contributed by atoms with Gasteiger partial charge in [-0.05, 0) is 31.2 Å². The Hall–Kier alpha value is -4.01. The summed E-state index contributed by atoms with van der Waals surface area (Å²) < 4.78 is 94.5. The lowest BCUT2D eigenvalue weighted by Crippen LogP contribution is -2.54. The molecule has 0 aliphatic carbocycles. The molecule has 3 heterocycles. The van der Waals surface area contributed by atoms with Gasteiger partial charge in [0.05, 0.1) is 36.2 Å². The minimum absolute atomic E-state index is 0.0645. The van der Waals surface area contributed by atoms with Crippen molar-refractivity contribution in [2.45, 2.75) is 37.6 Å². The van der Waals surface area contributed by atoms with E-state index in [2.05, 4.69) is 4.98 Å². The van der Waals surface area contributed by atoms with Crippen LogP contribution in [0.5, 0.6) is 0 Å². The van der Waals surface area contributed by atoms with Gasteiger partial charge in [0.1, 0.15) is 23.0 Å². The van der Waals surface area contributed by atoms with Crippen LogP contribution in [-0.2, 0) is 4.79 Å². The molecule has 1 aromatic carbocycles. The van der Waals surface area contributed by atoms with Crippen LogP contribution in [0.3, 0.4) is 0 Å². The van der Waals surface area contributed by atoms with Crippen LogP contribution in [0.2, 0.25) is 0 Å². The Balaban J connectivity index is 1.89. The van der Waals surface area contributed by atoms with Gasteiger partial charge >= 0.3 is 12.1 Å². The first-order valence-electron chi connectivity index (χ1n) is 10.9. The van der Waals surface area contributed by atoms with E-state index in [1.807, 2.05) is 0 Å². The molecular formula is C23H17F7N4O4. The Morgan fingerprint density at radius 3 is 2.39 bits per heavy atom. The minimum Gasteiger partial charge on any atom is -0.391 e. The van der Waals surface area contributed by atoms with Crippen molar-refractivity contribution in [3.8, 4) is 5.69 Å². The maximum atomic E-state index is 14.7. The number of nitrogens with zero attached hydrogens (tertiary/aromatic N) is 3. The summed E-state index contributed by atoms with van der Waals surface area (Å²) in [6.45, 7) is 0.248. The molecule has 2 unspecified atom stereocenters. The number of hydrogen-bond donors (Lipinski definition) is 2.